The van der Waals surface area contributed by atoms with E-state index in [9.17, 15) is 5.11 Å². The Balaban J connectivity index is 2.18. The van der Waals surface area contributed by atoms with E-state index in [0.717, 1.165) is 12.0 Å². The van der Waals surface area contributed by atoms with Crippen LogP contribution in [-0.2, 0) is 0 Å². The lowest BCUT2D eigenvalue weighted by Gasteiger charge is -2.03. The first-order chi connectivity index (χ1) is 9.77. The Bertz CT molecular complexity index is 396. The molecule has 0 saturated heterocycles. The fourth-order valence-electron chi connectivity index (χ4n) is 2.24. The Morgan fingerprint density at radius 1 is 1.05 bits per heavy atom. The average molecular weight is 276 g/mol. The zero-order valence-corrected chi connectivity index (χ0v) is 12.9. The zero-order valence-electron chi connectivity index (χ0n) is 12.9. The van der Waals surface area contributed by atoms with E-state index in [-0.39, 0.29) is 5.75 Å². The molecule has 1 aromatic rings. The minimum atomic E-state index is 0.191. The van der Waals surface area contributed by atoms with Crippen LogP contribution in [0.3, 0.4) is 0 Å². The fourth-order valence-corrected chi connectivity index (χ4v) is 2.24. The van der Waals surface area contributed by atoms with E-state index < -0.39 is 0 Å². The molecule has 0 aliphatic heterocycles. The molecule has 1 aromatic carbocycles. The van der Waals surface area contributed by atoms with Gasteiger partial charge in [-0.15, -0.1) is 0 Å². The lowest BCUT2D eigenvalue weighted by molar-refractivity contribution is 0.373. The van der Waals surface area contributed by atoms with Crippen LogP contribution in [0.2, 0.25) is 0 Å². The van der Waals surface area contributed by atoms with Gasteiger partial charge >= 0.3 is 0 Å². The first kappa shape index (κ1) is 16.6. The van der Waals surface area contributed by atoms with Gasteiger partial charge < -0.3 is 9.84 Å². The highest BCUT2D eigenvalue weighted by Gasteiger charge is 1.99. The number of allylic oxidation sites excluding steroid dienone is 1. The van der Waals surface area contributed by atoms with Crippen molar-refractivity contribution >= 4 is 6.08 Å². The van der Waals surface area contributed by atoms with Crippen LogP contribution in [0, 0.1) is 0 Å². The molecule has 0 heterocycles. The topological polar surface area (TPSA) is 29.5 Å². The van der Waals surface area contributed by atoms with Crippen molar-refractivity contribution in [2.24, 2.45) is 0 Å². The number of hydrogen-bond donors (Lipinski definition) is 1. The van der Waals surface area contributed by atoms with Crippen LogP contribution in [0.15, 0.2) is 24.3 Å². The van der Waals surface area contributed by atoms with Gasteiger partial charge in [0.1, 0.15) is 0 Å². The summed E-state index contributed by atoms with van der Waals surface area (Å²) in [4.78, 5) is 0. The number of unbranched alkanes of at least 4 members (excludes halogenated alkanes) is 7. The van der Waals surface area contributed by atoms with E-state index in [1.54, 1.807) is 13.2 Å². The minimum Gasteiger partial charge on any atom is -0.504 e. The Kier molecular flexibility index (Phi) is 8.61. The normalized spacial score (nSPS) is 11.1. The van der Waals surface area contributed by atoms with Gasteiger partial charge in [-0.2, -0.15) is 0 Å². The first-order valence-corrected chi connectivity index (χ1v) is 7.81. The summed E-state index contributed by atoms with van der Waals surface area (Å²) < 4.78 is 5.09. The first-order valence-electron chi connectivity index (χ1n) is 7.81. The second-order valence-corrected chi connectivity index (χ2v) is 5.24. The molecule has 0 radical (unpaired) electrons. The summed E-state index contributed by atoms with van der Waals surface area (Å²) in [5.74, 6) is 0.722. The number of benzene rings is 1. The molecule has 0 saturated carbocycles. The molecule has 0 aromatic heterocycles. The van der Waals surface area contributed by atoms with E-state index in [1.165, 1.54) is 44.9 Å². The van der Waals surface area contributed by atoms with Crippen molar-refractivity contribution in [2.75, 3.05) is 7.11 Å². The van der Waals surface area contributed by atoms with Crippen molar-refractivity contribution < 1.29 is 9.84 Å². The molecule has 112 valence electrons. The molecule has 20 heavy (non-hydrogen) atoms. The summed E-state index contributed by atoms with van der Waals surface area (Å²) in [6.45, 7) is 2.25. The molecule has 0 bridgehead atoms. The van der Waals surface area contributed by atoms with Crippen LogP contribution in [0.4, 0.5) is 0 Å². The van der Waals surface area contributed by atoms with Crippen LogP contribution in [0.1, 0.15) is 63.9 Å². The summed E-state index contributed by atoms with van der Waals surface area (Å²) in [5.41, 5.74) is 1.07. The van der Waals surface area contributed by atoms with E-state index in [1.807, 2.05) is 12.1 Å². The number of ether oxygens (including phenoxy) is 1. The van der Waals surface area contributed by atoms with E-state index >= 15 is 0 Å². The molecule has 0 aliphatic rings. The number of phenolic OH excluding ortho intramolecular Hbond substituents is 1. The molecule has 2 heteroatoms. The zero-order chi connectivity index (χ0) is 14.6. The fraction of sp³-hybridized carbons (Fsp3) is 0.556. The van der Waals surface area contributed by atoms with Crippen LogP contribution >= 0.6 is 0 Å². The number of rotatable bonds is 10. The van der Waals surface area contributed by atoms with Crippen molar-refractivity contribution in [1.29, 1.82) is 0 Å². The van der Waals surface area contributed by atoms with Gasteiger partial charge in [-0.1, -0.05) is 63.7 Å². The predicted octanol–water partition coefficient (Wildman–Crippen LogP) is 5.55. The maximum atomic E-state index is 9.52. The highest BCUT2D eigenvalue weighted by Crippen LogP contribution is 2.26. The second kappa shape index (κ2) is 10.4. The van der Waals surface area contributed by atoms with Gasteiger partial charge in [-0.05, 0) is 30.5 Å². The second-order valence-electron chi connectivity index (χ2n) is 5.24. The van der Waals surface area contributed by atoms with Gasteiger partial charge in [0, 0.05) is 0 Å². The molecule has 0 aliphatic carbocycles. The van der Waals surface area contributed by atoms with Crippen molar-refractivity contribution in [3.63, 3.8) is 0 Å². The summed E-state index contributed by atoms with van der Waals surface area (Å²) in [5, 5.41) is 9.52. The van der Waals surface area contributed by atoms with Crippen LogP contribution in [0.25, 0.3) is 6.08 Å². The quantitative estimate of drug-likeness (QED) is 0.567. The smallest absolute Gasteiger partial charge is 0.161 e. The monoisotopic (exact) mass is 276 g/mol. The van der Waals surface area contributed by atoms with Crippen molar-refractivity contribution in [1.82, 2.24) is 0 Å². The molecule has 2 nitrogen and oxygen atoms in total. The molecular weight excluding hydrogens is 248 g/mol. The van der Waals surface area contributed by atoms with Crippen molar-refractivity contribution in [2.45, 2.75) is 58.3 Å². The highest BCUT2D eigenvalue weighted by atomic mass is 16.5. The summed E-state index contributed by atoms with van der Waals surface area (Å²) in [6.07, 6.45) is 14.8. The van der Waals surface area contributed by atoms with Gasteiger partial charge in [0.25, 0.3) is 0 Å². The standard InChI is InChI=1S/C18H28O2/c1-3-4-5-6-7-8-9-10-11-12-16-13-14-17(19)18(15-16)20-2/h11-15,19H,3-10H2,1-2H3. The Hall–Kier alpha value is -1.44. The third kappa shape index (κ3) is 6.65. The number of hydrogen-bond acceptors (Lipinski definition) is 2. The molecule has 1 N–H and O–H groups in total. The molecule has 0 amide bonds. The largest absolute Gasteiger partial charge is 0.504 e. The predicted molar refractivity (Wildman–Crippen MR) is 86.3 cm³/mol. The molecule has 0 unspecified atom stereocenters. The van der Waals surface area contributed by atoms with E-state index in [0.29, 0.717) is 5.75 Å². The third-order valence-corrected chi connectivity index (χ3v) is 3.49. The molecular formula is C18H28O2. The molecule has 0 spiro atoms. The summed E-state index contributed by atoms with van der Waals surface area (Å²) in [6, 6.07) is 5.43. The number of phenols is 1. The molecule has 1 rings (SSSR count). The molecule has 0 atom stereocenters. The number of aromatic hydroxyl groups is 1. The van der Waals surface area contributed by atoms with E-state index in [2.05, 4.69) is 19.1 Å². The highest BCUT2D eigenvalue weighted by molar-refractivity contribution is 5.55. The Labute approximate surface area is 123 Å². The summed E-state index contributed by atoms with van der Waals surface area (Å²) in [7, 11) is 1.57. The van der Waals surface area contributed by atoms with Gasteiger partial charge in [0.15, 0.2) is 11.5 Å². The van der Waals surface area contributed by atoms with Gasteiger partial charge in [0.2, 0.25) is 0 Å². The SMILES string of the molecule is CCCCCCCCCC=Cc1ccc(O)c(OC)c1. The maximum Gasteiger partial charge on any atom is 0.161 e. The number of methoxy groups -OCH3 is 1. The summed E-state index contributed by atoms with van der Waals surface area (Å²) >= 11 is 0. The maximum absolute atomic E-state index is 9.52. The van der Waals surface area contributed by atoms with Crippen LogP contribution in [0.5, 0.6) is 11.5 Å². The lowest BCUT2D eigenvalue weighted by atomic mass is 10.1. The van der Waals surface area contributed by atoms with Crippen molar-refractivity contribution in [3.05, 3.63) is 29.8 Å². The Morgan fingerprint density at radius 3 is 2.45 bits per heavy atom. The third-order valence-electron chi connectivity index (χ3n) is 3.49. The minimum absolute atomic E-state index is 0.191. The van der Waals surface area contributed by atoms with Crippen LogP contribution < -0.4 is 4.74 Å². The lowest BCUT2D eigenvalue weighted by Crippen LogP contribution is -1.84. The van der Waals surface area contributed by atoms with Gasteiger partial charge in [0.05, 0.1) is 7.11 Å². The van der Waals surface area contributed by atoms with E-state index in [4.69, 9.17) is 4.74 Å². The van der Waals surface area contributed by atoms with Gasteiger partial charge in [-0.3, -0.25) is 0 Å². The van der Waals surface area contributed by atoms with Crippen molar-refractivity contribution in [3.8, 4) is 11.5 Å². The molecule has 0 fully saturated rings. The average Bonchev–Trinajstić information content (AvgIpc) is 2.47. The van der Waals surface area contributed by atoms with Crippen LogP contribution in [-0.4, -0.2) is 12.2 Å². The van der Waals surface area contributed by atoms with Gasteiger partial charge in [-0.25, -0.2) is 0 Å². The Morgan fingerprint density at radius 2 is 1.75 bits per heavy atom.